The van der Waals surface area contributed by atoms with Gasteiger partial charge in [-0.1, -0.05) is 6.92 Å². The molecule has 0 saturated heterocycles. The molecule has 1 unspecified atom stereocenters. The average Bonchev–Trinajstić information content (AvgIpc) is 2.23. The van der Waals surface area contributed by atoms with Gasteiger partial charge >= 0.3 is 6.09 Å². The van der Waals surface area contributed by atoms with Crippen LogP contribution >= 0.6 is 0 Å². The van der Waals surface area contributed by atoms with Crippen LogP contribution in [0.5, 0.6) is 0 Å². The lowest BCUT2D eigenvalue weighted by Gasteiger charge is -2.37. The van der Waals surface area contributed by atoms with Crippen LogP contribution < -0.4 is 5.32 Å². The Kier molecular flexibility index (Phi) is 7.52. The Morgan fingerprint density at radius 3 is 2.20 bits per heavy atom. The summed E-state index contributed by atoms with van der Waals surface area (Å²) in [5, 5.41) is 12.6. The van der Waals surface area contributed by atoms with E-state index in [9.17, 15) is 9.90 Å². The number of aliphatic hydroxyl groups excluding tert-OH is 1. The second kappa shape index (κ2) is 7.84. The van der Waals surface area contributed by atoms with E-state index in [1.165, 1.54) is 0 Å². The van der Waals surface area contributed by atoms with Crippen molar-refractivity contribution >= 4 is 6.09 Å². The standard InChI is InChI=1S/C15H32N2O3/c1-8-12(18)11-16-9-10-17(14(2,3)4)13(19)20-15(5,6)7/h12,16,18H,8-11H2,1-7H3. The number of hydrogen-bond donors (Lipinski definition) is 2. The highest BCUT2D eigenvalue weighted by Crippen LogP contribution is 2.17. The summed E-state index contributed by atoms with van der Waals surface area (Å²) >= 11 is 0. The van der Waals surface area contributed by atoms with Gasteiger partial charge in [-0.3, -0.25) is 0 Å². The molecule has 0 fully saturated rings. The van der Waals surface area contributed by atoms with Gasteiger partial charge in [0, 0.05) is 25.2 Å². The molecule has 0 aliphatic carbocycles. The first-order valence-electron chi connectivity index (χ1n) is 7.36. The molecule has 5 nitrogen and oxygen atoms in total. The van der Waals surface area contributed by atoms with E-state index >= 15 is 0 Å². The second-order valence-corrected chi connectivity index (χ2v) is 7.07. The Balaban J connectivity index is 4.41. The van der Waals surface area contributed by atoms with E-state index in [1.54, 1.807) is 4.90 Å². The minimum Gasteiger partial charge on any atom is -0.444 e. The minimum atomic E-state index is -0.494. The molecule has 1 atom stereocenters. The number of hydrogen-bond acceptors (Lipinski definition) is 4. The summed E-state index contributed by atoms with van der Waals surface area (Å²) in [7, 11) is 0. The van der Waals surface area contributed by atoms with Crippen molar-refractivity contribution in [1.29, 1.82) is 0 Å². The van der Waals surface area contributed by atoms with Crippen LogP contribution in [0, 0.1) is 0 Å². The Morgan fingerprint density at radius 1 is 1.25 bits per heavy atom. The average molecular weight is 288 g/mol. The lowest BCUT2D eigenvalue weighted by Crippen LogP contribution is -2.50. The van der Waals surface area contributed by atoms with Crippen molar-refractivity contribution in [3.8, 4) is 0 Å². The zero-order valence-electron chi connectivity index (χ0n) is 14.1. The fourth-order valence-electron chi connectivity index (χ4n) is 1.62. The first-order chi connectivity index (χ1) is 8.97. The third kappa shape index (κ3) is 8.38. The summed E-state index contributed by atoms with van der Waals surface area (Å²) in [5.74, 6) is 0. The predicted octanol–water partition coefficient (Wildman–Crippen LogP) is 2.38. The Hall–Kier alpha value is -0.810. The molecule has 0 radical (unpaired) electrons. The van der Waals surface area contributed by atoms with Crippen LogP contribution in [0.2, 0.25) is 0 Å². The van der Waals surface area contributed by atoms with Crippen LogP contribution in [-0.2, 0) is 4.74 Å². The Bertz CT molecular complexity index is 292. The quantitative estimate of drug-likeness (QED) is 0.737. The number of nitrogens with zero attached hydrogens (tertiary/aromatic N) is 1. The van der Waals surface area contributed by atoms with E-state index in [0.29, 0.717) is 19.6 Å². The van der Waals surface area contributed by atoms with Crippen molar-refractivity contribution in [2.75, 3.05) is 19.6 Å². The molecule has 0 aromatic heterocycles. The molecule has 0 bridgehead atoms. The number of amides is 1. The van der Waals surface area contributed by atoms with Gasteiger partial charge in [0.25, 0.3) is 0 Å². The number of aliphatic hydroxyl groups is 1. The zero-order valence-corrected chi connectivity index (χ0v) is 14.1. The van der Waals surface area contributed by atoms with Gasteiger partial charge in [-0.15, -0.1) is 0 Å². The first-order valence-corrected chi connectivity index (χ1v) is 7.36. The Labute approximate surface area is 123 Å². The summed E-state index contributed by atoms with van der Waals surface area (Å²) in [6, 6.07) is 0. The van der Waals surface area contributed by atoms with Gasteiger partial charge < -0.3 is 20.1 Å². The van der Waals surface area contributed by atoms with E-state index in [-0.39, 0.29) is 17.7 Å². The molecular weight excluding hydrogens is 256 g/mol. The molecule has 0 aromatic carbocycles. The maximum Gasteiger partial charge on any atom is 0.410 e. The molecule has 0 rings (SSSR count). The van der Waals surface area contributed by atoms with Gasteiger partial charge in [0.05, 0.1) is 6.10 Å². The molecule has 20 heavy (non-hydrogen) atoms. The summed E-state index contributed by atoms with van der Waals surface area (Å²) in [6.45, 7) is 15.2. The molecular formula is C15H32N2O3. The van der Waals surface area contributed by atoms with Crippen LogP contribution in [0.4, 0.5) is 4.79 Å². The molecule has 0 spiro atoms. The molecule has 0 aliphatic heterocycles. The summed E-state index contributed by atoms with van der Waals surface area (Å²) in [5.41, 5.74) is -0.792. The van der Waals surface area contributed by atoms with Gasteiger partial charge in [-0.25, -0.2) is 4.79 Å². The largest absolute Gasteiger partial charge is 0.444 e. The summed E-state index contributed by atoms with van der Waals surface area (Å²) in [6.07, 6.45) is 0.0876. The number of ether oxygens (including phenoxy) is 1. The fraction of sp³-hybridized carbons (Fsp3) is 0.933. The number of carbonyl (C=O) groups is 1. The topological polar surface area (TPSA) is 61.8 Å². The molecule has 2 N–H and O–H groups in total. The predicted molar refractivity (Wildman–Crippen MR) is 81.9 cm³/mol. The second-order valence-electron chi connectivity index (χ2n) is 7.07. The van der Waals surface area contributed by atoms with Gasteiger partial charge in [0.1, 0.15) is 5.60 Å². The maximum absolute atomic E-state index is 12.2. The number of rotatable bonds is 6. The van der Waals surface area contributed by atoms with Gasteiger partial charge in [0.2, 0.25) is 0 Å². The normalized spacial score (nSPS) is 14.0. The smallest absolute Gasteiger partial charge is 0.410 e. The lowest BCUT2D eigenvalue weighted by atomic mass is 10.1. The van der Waals surface area contributed by atoms with Gasteiger partial charge in [-0.2, -0.15) is 0 Å². The van der Waals surface area contributed by atoms with Gasteiger partial charge in [-0.05, 0) is 48.0 Å². The summed E-state index contributed by atoms with van der Waals surface area (Å²) in [4.78, 5) is 13.9. The van der Waals surface area contributed by atoms with E-state index < -0.39 is 5.60 Å². The SMILES string of the molecule is CCC(O)CNCCN(C(=O)OC(C)(C)C)C(C)(C)C. The van der Waals surface area contributed by atoms with Crippen LogP contribution in [0.3, 0.4) is 0 Å². The summed E-state index contributed by atoms with van der Waals surface area (Å²) < 4.78 is 5.44. The zero-order chi connectivity index (χ0) is 16.0. The third-order valence-corrected chi connectivity index (χ3v) is 2.79. The van der Waals surface area contributed by atoms with Crippen molar-refractivity contribution in [3.05, 3.63) is 0 Å². The lowest BCUT2D eigenvalue weighted by molar-refractivity contribution is 0.00651. The molecule has 0 heterocycles. The molecule has 120 valence electrons. The van der Waals surface area contributed by atoms with E-state index in [0.717, 1.165) is 6.42 Å². The van der Waals surface area contributed by atoms with Crippen molar-refractivity contribution in [2.45, 2.75) is 72.1 Å². The van der Waals surface area contributed by atoms with Crippen LogP contribution in [0.25, 0.3) is 0 Å². The minimum absolute atomic E-state index is 0.298. The van der Waals surface area contributed by atoms with E-state index in [2.05, 4.69) is 5.32 Å². The number of nitrogens with one attached hydrogen (secondary N) is 1. The molecule has 0 aromatic rings. The van der Waals surface area contributed by atoms with Crippen molar-refractivity contribution in [2.24, 2.45) is 0 Å². The molecule has 0 saturated carbocycles. The monoisotopic (exact) mass is 288 g/mol. The Morgan fingerprint density at radius 2 is 1.80 bits per heavy atom. The number of carbonyl (C=O) groups excluding carboxylic acids is 1. The maximum atomic E-state index is 12.2. The highest BCUT2D eigenvalue weighted by atomic mass is 16.6. The third-order valence-electron chi connectivity index (χ3n) is 2.79. The highest BCUT2D eigenvalue weighted by Gasteiger charge is 2.30. The highest BCUT2D eigenvalue weighted by molar-refractivity contribution is 5.69. The van der Waals surface area contributed by atoms with Crippen molar-refractivity contribution < 1.29 is 14.6 Å². The van der Waals surface area contributed by atoms with E-state index in [1.807, 2.05) is 48.5 Å². The fourth-order valence-corrected chi connectivity index (χ4v) is 1.62. The van der Waals surface area contributed by atoms with Crippen LogP contribution in [0.15, 0.2) is 0 Å². The molecule has 1 amide bonds. The molecule has 0 aliphatic rings. The van der Waals surface area contributed by atoms with Crippen LogP contribution in [-0.4, -0.2) is 53.0 Å². The van der Waals surface area contributed by atoms with Gasteiger partial charge in [0.15, 0.2) is 0 Å². The van der Waals surface area contributed by atoms with Crippen LogP contribution in [0.1, 0.15) is 54.9 Å². The van der Waals surface area contributed by atoms with Crippen molar-refractivity contribution in [1.82, 2.24) is 10.2 Å². The molecule has 5 heteroatoms. The van der Waals surface area contributed by atoms with E-state index in [4.69, 9.17) is 4.74 Å². The van der Waals surface area contributed by atoms with Crippen molar-refractivity contribution in [3.63, 3.8) is 0 Å². The first kappa shape index (κ1) is 19.2.